The van der Waals surface area contributed by atoms with Gasteiger partial charge in [0.15, 0.2) is 0 Å². The van der Waals surface area contributed by atoms with Crippen LogP contribution >= 0.6 is 0 Å². The van der Waals surface area contributed by atoms with Crippen LogP contribution in [-0.2, 0) is 0 Å². The van der Waals surface area contributed by atoms with E-state index in [1.807, 2.05) is 0 Å². The van der Waals surface area contributed by atoms with E-state index in [4.69, 9.17) is 5.73 Å². The Hall–Kier alpha value is -1.08. The van der Waals surface area contributed by atoms with Crippen molar-refractivity contribution in [2.24, 2.45) is 17.6 Å². The number of allylic oxidation sites excluding steroid dienone is 5. The quantitative estimate of drug-likeness (QED) is 0.310. The van der Waals surface area contributed by atoms with Crippen LogP contribution in [0.25, 0.3) is 0 Å². The van der Waals surface area contributed by atoms with Crippen LogP contribution in [0.2, 0.25) is 0 Å². The smallest absolute Gasteiger partial charge is 0.0611 e. The van der Waals surface area contributed by atoms with Crippen molar-refractivity contribution in [1.29, 1.82) is 0 Å². The summed E-state index contributed by atoms with van der Waals surface area (Å²) >= 11 is 0. The van der Waals surface area contributed by atoms with Crippen molar-refractivity contribution in [3.63, 3.8) is 0 Å². The molecule has 0 amide bonds. The second-order valence-corrected chi connectivity index (χ2v) is 8.69. The molecule has 2 rings (SSSR count). The molecule has 2 aliphatic rings. The van der Waals surface area contributed by atoms with Crippen LogP contribution in [0.5, 0.6) is 0 Å². The molecule has 0 spiro atoms. The summed E-state index contributed by atoms with van der Waals surface area (Å²) in [6.07, 6.45) is 17.9. The van der Waals surface area contributed by atoms with E-state index in [1.165, 1.54) is 56.9 Å². The Morgan fingerprint density at radius 1 is 1.35 bits per heavy atom. The molecule has 0 aromatic rings. The summed E-state index contributed by atoms with van der Waals surface area (Å²) in [5, 5.41) is 9.50. The summed E-state index contributed by atoms with van der Waals surface area (Å²) in [5.74, 6) is 1.24. The maximum absolute atomic E-state index is 9.50. The van der Waals surface area contributed by atoms with E-state index in [0.29, 0.717) is 5.92 Å². The minimum Gasteiger partial charge on any atom is -0.394 e. The summed E-state index contributed by atoms with van der Waals surface area (Å²) in [7, 11) is 0. The molecule has 1 fully saturated rings. The predicted molar refractivity (Wildman–Crippen MR) is 112 cm³/mol. The van der Waals surface area contributed by atoms with Crippen molar-refractivity contribution in [3.8, 4) is 0 Å². The molecule has 3 atom stereocenters. The molecule has 146 valence electrons. The van der Waals surface area contributed by atoms with Gasteiger partial charge in [0.25, 0.3) is 0 Å². The van der Waals surface area contributed by atoms with Gasteiger partial charge in [0.2, 0.25) is 0 Å². The normalized spacial score (nSPS) is 29.4. The Balaban J connectivity index is 1.93. The van der Waals surface area contributed by atoms with Gasteiger partial charge in [-0.3, -0.25) is 0 Å². The van der Waals surface area contributed by atoms with E-state index in [2.05, 4.69) is 38.3 Å². The monoisotopic (exact) mass is 357 g/mol. The minimum atomic E-state index is -0.412. The maximum atomic E-state index is 9.50. The van der Waals surface area contributed by atoms with Gasteiger partial charge in [-0.2, -0.15) is 0 Å². The van der Waals surface area contributed by atoms with E-state index in [0.717, 1.165) is 30.8 Å². The molecule has 2 aliphatic carbocycles. The van der Waals surface area contributed by atoms with Crippen molar-refractivity contribution >= 4 is 0 Å². The largest absolute Gasteiger partial charge is 0.394 e. The van der Waals surface area contributed by atoms with Crippen molar-refractivity contribution in [3.05, 3.63) is 41.2 Å². The molecule has 0 aliphatic heterocycles. The van der Waals surface area contributed by atoms with E-state index >= 15 is 0 Å². The van der Waals surface area contributed by atoms with Gasteiger partial charge in [-0.15, -0.1) is 5.73 Å². The zero-order valence-corrected chi connectivity index (χ0v) is 17.0. The molecule has 0 saturated heterocycles. The highest BCUT2D eigenvalue weighted by Crippen LogP contribution is 2.38. The first-order chi connectivity index (χ1) is 12.5. The van der Waals surface area contributed by atoms with Crippen LogP contribution < -0.4 is 5.73 Å². The van der Waals surface area contributed by atoms with Crippen LogP contribution in [0.1, 0.15) is 84.5 Å². The molecule has 26 heavy (non-hydrogen) atoms. The van der Waals surface area contributed by atoms with Gasteiger partial charge in [0, 0.05) is 5.54 Å². The Morgan fingerprint density at radius 3 is 2.81 bits per heavy atom. The summed E-state index contributed by atoms with van der Waals surface area (Å²) in [4.78, 5) is 0. The van der Waals surface area contributed by atoms with Crippen LogP contribution in [-0.4, -0.2) is 17.3 Å². The topological polar surface area (TPSA) is 46.2 Å². The first kappa shape index (κ1) is 21.2. The van der Waals surface area contributed by atoms with Gasteiger partial charge in [0.1, 0.15) is 0 Å². The fourth-order valence-corrected chi connectivity index (χ4v) is 4.58. The third-order valence-corrected chi connectivity index (χ3v) is 6.52. The number of hydrogen-bond acceptors (Lipinski definition) is 2. The maximum Gasteiger partial charge on any atom is 0.0611 e. The summed E-state index contributed by atoms with van der Waals surface area (Å²) < 4.78 is 0. The molecule has 0 bridgehead atoms. The number of unbranched alkanes of at least 4 members (excludes halogenated alkanes) is 3. The molecule has 0 radical (unpaired) electrons. The lowest BCUT2D eigenvalue weighted by molar-refractivity contribution is 0.197. The Morgan fingerprint density at radius 2 is 2.15 bits per heavy atom. The SMILES string of the molecule is C=C=C(/C=C\C1=C(C)CCC(CCCCCC)C1)C1CCC(N)(CO)C1. The first-order valence-electron chi connectivity index (χ1n) is 10.7. The Bertz CT molecular complexity index is 567. The van der Waals surface area contributed by atoms with Gasteiger partial charge in [0.05, 0.1) is 6.61 Å². The molecule has 2 heteroatoms. The zero-order valence-electron chi connectivity index (χ0n) is 17.0. The lowest BCUT2D eigenvalue weighted by Crippen LogP contribution is -2.40. The molecule has 0 heterocycles. The van der Waals surface area contributed by atoms with Gasteiger partial charge in [-0.05, 0) is 68.4 Å². The van der Waals surface area contributed by atoms with E-state index in [-0.39, 0.29) is 6.61 Å². The summed E-state index contributed by atoms with van der Waals surface area (Å²) in [6, 6.07) is 0. The van der Waals surface area contributed by atoms with Gasteiger partial charge < -0.3 is 10.8 Å². The molecule has 3 unspecified atom stereocenters. The van der Waals surface area contributed by atoms with Crippen LogP contribution in [0, 0.1) is 11.8 Å². The lowest BCUT2D eigenvalue weighted by Gasteiger charge is -2.25. The fraction of sp³-hybridized carbons (Fsp3) is 0.708. The standard InChI is InChI=1S/C24H39NO/c1-4-6-7-8-9-20-11-10-19(3)22(16-20)13-12-21(5-2)23-14-15-24(25,17-23)18-26/h12-13,20,23,26H,2,4,6-11,14-18,25H2,1,3H3/b13-12-. The molecule has 2 nitrogen and oxygen atoms in total. The summed E-state index contributed by atoms with van der Waals surface area (Å²) in [6.45, 7) is 8.54. The van der Waals surface area contributed by atoms with E-state index in [1.54, 1.807) is 5.57 Å². The third kappa shape index (κ3) is 5.98. The Labute approximate surface area is 160 Å². The number of aliphatic hydroxyl groups excluding tert-OH is 1. The van der Waals surface area contributed by atoms with Crippen LogP contribution in [0.3, 0.4) is 0 Å². The van der Waals surface area contributed by atoms with Crippen molar-refractivity contribution < 1.29 is 5.11 Å². The van der Waals surface area contributed by atoms with E-state index < -0.39 is 5.54 Å². The second kappa shape index (κ2) is 10.3. The van der Waals surface area contributed by atoms with Gasteiger partial charge >= 0.3 is 0 Å². The molecule has 3 N–H and O–H groups in total. The fourth-order valence-electron chi connectivity index (χ4n) is 4.58. The van der Waals surface area contributed by atoms with Crippen molar-refractivity contribution in [2.45, 2.75) is 90.0 Å². The second-order valence-electron chi connectivity index (χ2n) is 8.69. The Kier molecular flexibility index (Phi) is 8.41. The zero-order chi connectivity index (χ0) is 19.0. The molecular formula is C24H39NO. The number of nitrogens with two attached hydrogens (primary N) is 1. The molecule has 0 aromatic carbocycles. The highest BCUT2D eigenvalue weighted by molar-refractivity contribution is 5.33. The average Bonchev–Trinajstić information content (AvgIpc) is 3.04. The van der Waals surface area contributed by atoms with Gasteiger partial charge in [-0.25, -0.2) is 0 Å². The highest BCUT2D eigenvalue weighted by atomic mass is 16.3. The number of aliphatic hydroxyl groups is 1. The van der Waals surface area contributed by atoms with Crippen molar-refractivity contribution in [2.75, 3.05) is 6.61 Å². The van der Waals surface area contributed by atoms with Crippen LogP contribution in [0.15, 0.2) is 41.2 Å². The predicted octanol–water partition coefficient (Wildman–Crippen LogP) is 5.83. The lowest BCUT2D eigenvalue weighted by atomic mass is 9.81. The minimum absolute atomic E-state index is 0.0710. The average molecular weight is 358 g/mol. The van der Waals surface area contributed by atoms with Crippen molar-refractivity contribution in [1.82, 2.24) is 0 Å². The summed E-state index contributed by atoms with van der Waals surface area (Å²) in [5.41, 5.74) is 13.2. The van der Waals surface area contributed by atoms with Gasteiger partial charge in [-0.1, -0.05) is 63.3 Å². The molecular weight excluding hydrogens is 318 g/mol. The van der Waals surface area contributed by atoms with Crippen LogP contribution in [0.4, 0.5) is 0 Å². The number of rotatable bonds is 9. The molecule has 1 saturated carbocycles. The molecule has 0 aromatic heterocycles. The first-order valence-corrected chi connectivity index (χ1v) is 10.7. The third-order valence-electron chi connectivity index (χ3n) is 6.52. The van der Waals surface area contributed by atoms with E-state index in [9.17, 15) is 5.11 Å². The highest BCUT2D eigenvalue weighted by Gasteiger charge is 2.36. The number of hydrogen-bond donors (Lipinski definition) is 2.